The van der Waals surface area contributed by atoms with Crippen LogP contribution in [0.3, 0.4) is 0 Å². The van der Waals surface area contributed by atoms with Gasteiger partial charge in [0.25, 0.3) is 5.91 Å². The summed E-state index contributed by atoms with van der Waals surface area (Å²) in [7, 11) is 0. The van der Waals surface area contributed by atoms with Crippen LogP contribution in [0.5, 0.6) is 0 Å². The lowest BCUT2D eigenvalue weighted by molar-refractivity contribution is 0.0656. The van der Waals surface area contributed by atoms with E-state index in [4.69, 9.17) is 4.98 Å². The monoisotopic (exact) mass is 356 g/mol. The molecule has 0 unspecified atom stereocenters. The molecule has 0 bridgehead atoms. The number of amides is 1. The fourth-order valence-electron chi connectivity index (χ4n) is 4.09. The molecule has 2 aromatic carbocycles. The van der Waals surface area contributed by atoms with E-state index in [0.29, 0.717) is 18.0 Å². The molecule has 1 heterocycles. The molecule has 3 nitrogen and oxygen atoms in total. The first-order valence-corrected chi connectivity index (χ1v) is 10.0. The van der Waals surface area contributed by atoms with Crippen molar-refractivity contribution in [3.63, 3.8) is 0 Å². The molecule has 0 radical (unpaired) electrons. The predicted molar refractivity (Wildman–Crippen MR) is 109 cm³/mol. The molecule has 136 valence electrons. The molecule has 0 saturated heterocycles. The van der Waals surface area contributed by atoms with E-state index in [1.807, 2.05) is 48.5 Å². The maximum absolute atomic E-state index is 13.7. The van der Waals surface area contributed by atoms with Crippen molar-refractivity contribution in [1.29, 1.82) is 0 Å². The largest absolute Gasteiger partial charge is 0.333 e. The van der Waals surface area contributed by atoms with Gasteiger partial charge in [-0.3, -0.25) is 4.79 Å². The van der Waals surface area contributed by atoms with Gasteiger partial charge in [0, 0.05) is 23.0 Å². The number of carbonyl (C=O) groups is 1. The standard InChI is InChI=1S/C24H24N2O/c1-16(17-11-12-17)26(19-13-14-19)24(27)21-15-23(18-7-3-2-4-8-18)25-22-10-6-5-9-20(21)22/h2-10,15-17,19H,11-14H2,1H3/t16-/m0/s1. The van der Waals surface area contributed by atoms with E-state index in [1.54, 1.807) is 0 Å². The number of hydrogen-bond donors (Lipinski definition) is 0. The Bertz CT molecular complexity index is 990. The van der Waals surface area contributed by atoms with Crippen LogP contribution in [0.2, 0.25) is 0 Å². The maximum atomic E-state index is 13.7. The molecule has 2 aliphatic rings. The van der Waals surface area contributed by atoms with Crippen LogP contribution in [0, 0.1) is 5.92 Å². The average molecular weight is 356 g/mol. The highest BCUT2D eigenvalue weighted by Gasteiger charge is 2.42. The molecule has 0 aliphatic heterocycles. The third kappa shape index (κ3) is 3.12. The smallest absolute Gasteiger partial charge is 0.255 e. The van der Waals surface area contributed by atoms with E-state index in [-0.39, 0.29) is 5.91 Å². The number of para-hydroxylation sites is 1. The second kappa shape index (κ2) is 6.49. The highest BCUT2D eigenvalue weighted by atomic mass is 16.2. The number of pyridine rings is 1. The SMILES string of the molecule is C[C@@H](C1CC1)N(C(=O)c1cc(-c2ccccc2)nc2ccccc12)C1CC1. The molecular formula is C24H24N2O. The topological polar surface area (TPSA) is 33.2 Å². The molecular weight excluding hydrogens is 332 g/mol. The van der Waals surface area contributed by atoms with Crippen LogP contribution < -0.4 is 0 Å². The van der Waals surface area contributed by atoms with Gasteiger partial charge >= 0.3 is 0 Å². The zero-order valence-electron chi connectivity index (χ0n) is 15.6. The number of benzene rings is 2. The minimum absolute atomic E-state index is 0.174. The molecule has 1 atom stereocenters. The Morgan fingerprint density at radius 2 is 1.70 bits per heavy atom. The third-order valence-electron chi connectivity index (χ3n) is 5.93. The number of hydrogen-bond acceptors (Lipinski definition) is 2. The summed E-state index contributed by atoms with van der Waals surface area (Å²) < 4.78 is 0. The van der Waals surface area contributed by atoms with Crippen LogP contribution in [0.4, 0.5) is 0 Å². The van der Waals surface area contributed by atoms with Gasteiger partial charge in [-0.15, -0.1) is 0 Å². The summed E-state index contributed by atoms with van der Waals surface area (Å²) in [6.45, 7) is 2.23. The number of nitrogens with zero attached hydrogens (tertiary/aromatic N) is 2. The number of fused-ring (bicyclic) bond motifs is 1. The first kappa shape index (κ1) is 16.5. The lowest BCUT2D eigenvalue weighted by atomic mass is 10.0. The summed E-state index contributed by atoms with van der Waals surface area (Å²) in [6, 6.07) is 20.9. The maximum Gasteiger partial charge on any atom is 0.255 e. The van der Waals surface area contributed by atoms with E-state index < -0.39 is 0 Å². The summed E-state index contributed by atoms with van der Waals surface area (Å²) in [4.78, 5) is 20.7. The molecule has 5 rings (SSSR count). The minimum Gasteiger partial charge on any atom is -0.333 e. The van der Waals surface area contributed by atoms with E-state index in [1.165, 1.54) is 12.8 Å². The highest BCUT2D eigenvalue weighted by Crippen LogP contribution is 2.41. The van der Waals surface area contributed by atoms with Gasteiger partial charge in [0.15, 0.2) is 0 Å². The zero-order chi connectivity index (χ0) is 18.4. The summed E-state index contributed by atoms with van der Waals surface area (Å²) in [5, 5.41) is 0.954. The second-order valence-electron chi connectivity index (χ2n) is 7.96. The highest BCUT2D eigenvalue weighted by molar-refractivity contribution is 6.07. The Hall–Kier alpha value is -2.68. The Kier molecular flexibility index (Phi) is 3.96. The fraction of sp³-hybridized carbons (Fsp3) is 0.333. The van der Waals surface area contributed by atoms with Crippen molar-refractivity contribution in [2.24, 2.45) is 5.92 Å². The van der Waals surface area contributed by atoms with Crippen molar-refractivity contribution in [3.8, 4) is 11.3 Å². The van der Waals surface area contributed by atoms with Gasteiger partial charge < -0.3 is 4.90 Å². The molecule has 1 amide bonds. The molecule has 3 heteroatoms. The first-order chi connectivity index (χ1) is 13.2. The Balaban J connectivity index is 1.63. The average Bonchev–Trinajstić information content (AvgIpc) is 3.61. The van der Waals surface area contributed by atoms with E-state index in [9.17, 15) is 4.79 Å². The van der Waals surface area contributed by atoms with Crippen molar-refractivity contribution in [2.75, 3.05) is 0 Å². The van der Waals surface area contributed by atoms with Crippen molar-refractivity contribution in [2.45, 2.75) is 44.7 Å². The van der Waals surface area contributed by atoms with Crippen LogP contribution in [0.25, 0.3) is 22.2 Å². The quantitative estimate of drug-likeness (QED) is 0.621. The number of aromatic nitrogens is 1. The molecule has 1 aromatic heterocycles. The van der Waals surface area contributed by atoms with Gasteiger partial charge in [0.2, 0.25) is 0 Å². The lowest BCUT2D eigenvalue weighted by Gasteiger charge is -2.30. The van der Waals surface area contributed by atoms with Gasteiger partial charge in [-0.1, -0.05) is 48.5 Å². The summed E-state index contributed by atoms with van der Waals surface area (Å²) in [6.07, 6.45) is 4.78. The Morgan fingerprint density at radius 3 is 2.41 bits per heavy atom. The summed E-state index contributed by atoms with van der Waals surface area (Å²) in [5.41, 5.74) is 3.59. The molecule has 0 spiro atoms. The zero-order valence-corrected chi connectivity index (χ0v) is 15.6. The van der Waals surface area contributed by atoms with Crippen LogP contribution in [-0.2, 0) is 0 Å². The second-order valence-corrected chi connectivity index (χ2v) is 7.96. The van der Waals surface area contributed by atoms with Crippen molar-refractivity contribution >= 4 is 16.8 Å². The molecule has 3 aromatic rings. The molecule has 2 fully saturated rings. The van der Waals surface area contributed by atoms with E-state index >= 15 is 0 Å². The lowest BCUT2D eigenvalue weighted by Crippen LogP contribution is -2.41. The molecule has 27 heavy (non-hydrogen) atoms. The van der Waals surface area contributed by atoms with Gasteiger partial charge in [0.05, 0.1) is 16.8 Å². The van der Waals surface area contributed by atoms with Crippen molar-refractivity contribution in [3.05, 3.63) is 66.2 Å². The Morgan fingerprint density at radius 1 is 1.00 bits per heavy atom. The number of rotatable bonds is 5. The summed E-state index contributed by atoms with van der Waals surface area (Å²) in [5.74, 6) is 0.851. The Labute approximate surface area is 160 Å². The molecule has 2 saturated carbocycles. The fourth-order valence-corrected chi connectivity index (χ4v) is 4.09. The van der Waals surface area contributed by atoms with E-state index in [0.717, 1.165) is 40.6 Å². The summed E-state index contributed by atoms with van der Waals surface area (Å²) >= 11 is 0. The third-order valence-corrected chi connectivity index (χ3v) is 5.93. The van der Waals surface area contributed by atoms with Gasteiger partial charge in [0.1, 0.15) is 0 Å². The van der Waals surface area contributed by atoms with Gasteiger partial charge in [-0.2, -0.15) is 0 Å². The van der Waals surface area contributed by atoms with Gasteiger partial charge in [-0.25, -0.2) is 4.98 Å². The van der Waals surface area contributed by atoms with Gasteiger partial charge in [-0.05, 0) is 50.7 Å². The molecule has 2 aliphatic carbocycles. The van der Waals surface area contributed by atoms with Crippen LogP contribution in [-0.4, -0.2) is 27.9 Å². The van der Waals surface area contributed by atoms with Crippen LogP contribution >= 0.6 is 0 Å². The normalized spacial score (nSPS) is 17.7. The predicted octanol–water partition coefficient (Wildman–Crippen LogP) is 5.30. The van der Waals surface area contributed by atoms with Crippen LogP contribution in [0.1, 0.15) is 43.0 Å². The number of carbonyl (C=O) groups excluding carboxylic acids is 1. The first-order valence-electron chi connectivity index (χ1n) is 10.0. The van der Waals surface area contributed by atoms with Crippen molar-refractivity contribution < 1.29 is 4.79 Å². The van der Waals surface area contributed by atoms with Crippen molar-refractivity contribution in [1.82, 2.24) is 9.88 Å². The minimum atomic E-state index is 0.174. The van der Waals surface area contributed by atoms with Crippen LogP contribution in [0.15, 0.2) is 60.7 Å². The molecule has 0 N–H and O–H groups in total. The van der Waals surface area contributed by atoms with E-state index in [2.05, 4.69) is 24.0 Å².